The van der Waals surface area contributed by atoms with E-state index < -0.39 is 0 Å². The van der Waals surface area contributed by atoms with Crippen molar-refractivity contribution in [3.05, 3.63) is 58.0 Å². The van der Waals surface area contributed by atoms with Crippen molar-refractivity contribution in [2.75, 3.05) is 6.54 Å². The van der Waals surface area contributed by atoms with Gasteiger partial charge in [-0.15, -0.1) is 0 Å². The van der Waals surface area contributed by atoms with Gasteiger partial charge in [-0.1, -0.05) is 18.2 Å². The van der Waals surface area contributed by atoms with E-state index in [1.807, 2.05) is 12.1 Å². The van der Waals surface area contributed by atoms with Gasteiger partial charge in [0.15, 0.2) is 0 Å². The summed E-state index contributed by atoms with van der Waals surface area (Å²) in [6.45, 7) is 7.23. The first kappa shape index (κ1) is 16.2. The molecular weight excluding hydrogens is 281 g/mol. The second-order valence-corrected chi connectivity index (χ2v) is 7.30. The number of aryl methyl sites for hydroxylation is 1. The Balaban J connectivity index is 2.08. The smallest absolute Gasteiger partial charge is 0.126 e. The molecule has 1 N–H and O–H groups in total. The molecule has 0 saturated heterocycles. The first-order chi connectivity index (χ1) is 9.96. The summed E-state index contributed by atoms with van der Waals surface area (Å²) < 4.78 is 14.1. The van der Waals surface area contributed by atoms with Crippen LogP contribution in [0.15, 0.2) is 41.1 Å². The summed E-state index contributed by atoms with van der Waals surface area (Å²) in [5.41, 5.74) is 2.22. The van der Waals surface area contributed by atoms with Gasteiger partial charge in [0.2, 0.25) is 0 Å². The summed E-state index contributed by atoms with van der Waals surface area (Å²) >= 11 is 1.72. The first-order valence-corrected chi connectivity index (χ1v) is 8.40. The third-order valence-corrected chi connectivity index (χ3v) is 4.32. The molecule has 0 radical (unpaired) electrons. The van der Waals surface area contributed by atoms with Gasteiger partial charge in [-0.25, -0.2) is 4.39 Å². The normalized spacial score (nSPS) is 13.3. The predicted octanol–water partition coefficient (Wildman–Crippen LogP) is 4.99. The van der Waals surface area contributed by atoms with E-state index in [0.717, 1.165) is 24.9 Å². The summed E-state index contributed by atoms with van der Waals surface area (Å²) in [4.78, 5) is 0. The number of hydrogen-bond donors (Lipinski definition) is 1. The summed E-state index contributed by atoms with van der Waals surface area (Å²) in [5.74, 6) is 0.105. The molecule has 0 aliphatic carbocycles. The van der Waals surface area contributed by atoms with Crippen molar-refractivity contribution in [3.8, 4) is 0 Å². The Hall–Kier alpha value is -1.19. The van der Waals surface area contributed by atoms with E-state index in [-0.39, 0.29) is 17.3 Å². The fourth-order valence-corrected chi connectivity index (χ4v) is 3.08. The zero-order valence-corrected chi connectivity index (χ0v) is 13.8. The topological polar surface area (TPSA) is 12.0 Å². The van der Waals surface area contributed by atoms with Crippen molar-refractivity contribution in [1.82, 2.24) is 5.32 Å². The van der Waals surface area contributed by atoms with Crippen LogP contribution in [0.25, 0.3) is 0 Å². The Labute approximate surface area is 131 Å². The number of nitrogens with one attached hydrogen (secondary N) is 1. The molecule has 1 aromatic heterocycles. The SMILES string of the molecule is CC(C)(C)NCC(CCc1ccsc1)c1ccccc1F. The molecule has 21 heavy (non-hydrogen) atoms. The zero-order valence-electron chi connectivity index (χ0n) is 13.0. The van der Waals surface area contributed by atoms with Crippen LogP contribution in [0.2, 0.25) is 0 Å². The minimum atomic E-state index is -0.0940. The quantitative estimate of drug-likeness (QED) is 0.792. The molecule has 0 fully saturated rings. The van der Waals surface area contributed by atoms with Gasteiger partial charge >= 0.3 is 0 Å². The molecule has 1 nitrogen and oxygen atoms in total. The molecular formula is C18H24FNS. The lowest BCUT2D eigenvalue weighted by Gasteiger charge is -2.26. The van der Waals surface area contributed by atoms with Crippen molar-refractivity contribution in [2.45, 2.75) is 45.1 Å². The molecule has 114 valence electrons. The summed E-state index contributed by atoms with van der Waals surface area (Å²) in [6, 6.07) is 9.31. The van der Waals surface area contributed by atoms with Crippen LogP contribution in [0.5, 0.6) is 0 Å². The molecule has 2 aromatic rings. The van der Waals surface area contributed by atoms with Crippen molar-refractivity contribution in [3.63, 3.8) is 0 Å². The Kier molecular flexibility index (Phi) is 5.54. The standard InChI is InChI=1S/C18H24FNS/c1-18(2,3)20-12-15(9-8-14-10-11-21-13-14)16-6-4-5-7-17(16)19/h4-7,10-11,13,15,20H,8-9,12H2,1-3H3. The molecule has 0 spiro atoms. The number of rotatable bonds is 6. The van der Waals surface area contributed by atoms with Crippen LogP contribution in [0, 0.1) is 5.82 Å². The molecule has 0 bridgehead atoms. The minimum Gasteiger partial charge on any atom is -0.311 e. The van der Waals surface area contributed by atoms with E-state index in [1.54, 1.807) is 23.5 Å². The molecule has 1 heterocycles. The van der Waals surface area contributed by atoms with Gasteiger partial charge in [-0.05, 0) is 73.6 Å². The molecule has 1 unspecified atom stereocenters. The van der Waals surface area contributed by atoms with Crippen molar-refractivity contribution < 1.29 is 4.39 Å². The second kappa shape index (κ2) is 7.19. The Morgan fingerprint density at radius 2 is 1.95 bits per heavy atom. The van der Waals surface area contributed by atoms with E-state index in [0.29, 0.717) is 0 Å². The third-order valence-electron chi connectivity index (χ3n) is 3.59. The highest BCUT2D eigenvalue weighted by atomic mass is 32.1. The minimum absolute atomic E-state index is 0.0475. The molecule has 3 heteroatoms. The van der Waals surface area contributed by atoms with Crippen LogP contribution in [0.1, 0.15) is 44.2 Å². The second-order valence-electron chi connectivity index (χ2n) is 6.52. The maximum absolute atomic E-state index is 14.1. The third kappa shape index (κ3) is 5.25. The van der Waals surface area contributed by atoms with Crippen LogP contribution in [0.3, 0.4) is 0 Å². The average molecular weight is 305 g/mol. The van der Waals surface area contributed by atoms with Crippen LogP contribution in [0.4, 0.5) is 4.39 Å². The fourth-order valence-electron chi connectivity index (χ4n) is 2.38. The van der Waals surface area contributed by atoms with E-state index in [2.05, 4.69) is 42.9 Å². The van der Waals surface area contributed by atoms with E-state index in [9.17, 15) is 4.39 Å². The van der Waals surface area contributed by atoms with E-state index >= 15 is 0 Å². The Bertz CT molecular complexity index is 543. The number of hydrogen-bond acceptors (Lipinski definition) is 2. The summed E-state index contributed by atoms with van der Waals surface area (Å²) in [7, 11) is 0. The number of halogens is 1. The summed E-state index contributed by atoms with van der Waals surface area (Å²) in [6.07, 6.45) is 1.95. The van der Waals surface area contributed by atoms with Crippen molar-refractivity contribution in [2.24, 2.45) is 0 Å². The first-order valence-electron chi connectivity index (χ1n) is 7.46. The van der Waals surface area contributed by atoms with Gasteiger partial charge in [0, 0.05) is 12.1 Å². The highest BCUT2D eigenvalue weighted by molar-refractivity contribution is 7.07. The Morgan fingerprint density at radius 1 is 1.19 bits per heavy atom. The predicted molar refractivity (Wildman–Crippen MR) is 89.5 cm³/mol. The number of benzene rings is 1. The van der Waals surface area contributed by atoms with E-state index in [4.69, 9.17) is 0 Å². The molecule has 0 aliphatic rings. The van der Waals surface area contributed by atoms with Gasteiger partial charge in [-0.3, -0.25) is 0 Å². The van der Waals surface area contributed by atoms with Crippen LogP contribution >= 0.6 is 11.3 Å². The largest absolute Gasteiger partial charge is 0.311 e. The fraction of sp³-hybridized carbons (Fsp3) is 0.444. The molecule has 1 atom stereocenters. The van der Waals surface area contributed by atoms with Crippen molar-refractivity contribution in [1.29, 1.82) is 0 Å². The van der Waals surface area contributed by atoms with Gasteiger partial charge in [0.1, 0.15) is 5.82 Å². The monoisotopic (exact) mass is 305 g/mol. The maximum atomic E-state index is 14.1. The lowest BCUT2D eigenvalue weighted by Crippen LogP contribution is -2.38. The van der Waals surface area contributed by atoms with Crippen LogP contribution in [-0.4, -0.2) is 12.1 Å². The number of thiophene rings is 1. The Morgan fingerprint density at radius 3 is 2.57 bits per heavy atom. The lowest BCUT2D eigenvalue weighted by molar-refractivity contribution is 0.394. The van der Waals surface area contributed by atoms with Crippen LogP contribution < -0.4 is 5.32 Å². The van der Waals surface area contributed by atoms with Gasteiger partial charge < -0.3 is 5.32 Å². The zero-order chi connectivity index (χ0) is 15.3. The maximum Gasteiger partial charge on any atom is 0.126 e. The molecule has 0 aliphatic heterocycles. The van der Waals surface area contributed by atoms with E-state index in [1.165, 1.54) is 5.56 Å². The average Bonchev–Trinajstić information content (AvgIpc) is 2.92. The highest BCUT2D eigenvalue weighted by Gasteiger charge is 2.18. The summed E-state index contributed by atoms with van der Waals surface area (Å²) in [5, 5.41) is 7.79. The molecule has 1 aromatic carbocycles. The highest BCUT2D eigenvalue weighted by Crippen LogP contribution is 2.25. The molecule has 0 amide bonds. The van der Waals surface area contributed by atoms with Crippen LogP contribution in [-0.2, 0) is 6.42 Å². The van der Waals surface area contributed by atoms with Gasteiger partial charge in [-0.2, -0.15) is 11.3 Å². The molecule has 2 rings (SSSR count). The lowest BCUT2D eigenvalue weighted by atomic mass is 9.91. The van der Waals surface area contributed by atoms with Gasteiger partial charge in [0.25, 0.3) is 0 Å². The van der Waals surface area contributed by atoms with Crippen molar-refractivity contribution >= 4 is 11.3 Å². The molecule has 0 saturated carbocycles. The van der Waals surface area contributed by atoms with Gasteiger partial charge in [0.05, 0.1) is 0 Å².